The van der Waals surface area contributed by atoms with Gasteiger partial charge in [0.15, 0.2) is 23.3 Å². The number of benzene rings is 1. The lowest BCUT2D eigenvalue weighted by Gasteiger charge is -2.31. The third-order valence-electron chi connectivity index (χ3n) is 2.89. The molecule has 19 heavy (non-hydrogen) atoms. The van der Waals surface area contributed by atoms with Gasteiger partial charge in [0.1, 0.15) is 5.56 Å². The van der Waals surface area contributed by atoms with E-state index in [2.05, 4.69) is 5.32 Å². The molecule has 0 heterocycles. The van der Waals surface area contributed by atoms with Crippen molar-refractivity contribution in [2.24, 2.45) is 0 Å². The lowest BCUT2D eigenvalue weighted by molar-refractivity contribution is 0.0558. The summed E-state index contributed by atoms with van der Waals surface area (Å²) in [5.74, 6) is -12.4. The van der Waals surface area contributed by atoms with Crippen molar-refractivity contribution in [3.63, 3.8) is 0 Å². The van der Waals surface area contributed by atoms with Crippen LogP contribution in [0, 0.1) is 29.1 Å². The van der Waals surface area contributed by atoms with Crippen LogP contribution in [0.15, 0.2) is 0 Å². The van der Waals surface area contributed by atoms with E-state index in [1.165, 1.54) is 0 Å². The number of carbonyl (C=O) groups excluding carboxylic acids is 1. The Morgan fingerprint density at radius 2 is 1.37 bits per heavy atom. The molecule has 104 valence electrons. The standard InChI is InChI=1S/C11H8F5NO2/c12-6-5(7(13)9(15)10(16)8(6)14)11(19)17-3-1-4(18)2-3/h3-4,18H,1-2H2,(H,17,19). The first-order chi connectivity index (χ1) is 8.82. The first-order valence-corrected chi connectivity index (χ1v) is 5.33. The van der Waals surface area contributed by atoms with Crippen molar-refractivity contribution in [1.82, 2.24) is 5.32 Å². The maximum Gasteiger partial charge on any atom is 0.257 e. The Kier molecular flexibility index (Phi) is 3.44. The topological polar surface area (TPSA) is 49.3 Å². The molecule has 1 aliphatic carbocycles. The molecular formula is C11H8F5NO2. The van der Waals surface area contributed by atoms with Crippen LogP contribution in [0.3, 0.4) is 0 Å². The second-order valence-electron chi connectivity index (χ2n) is 4.24. The summed E-state index contributed by atoms with van der Waals surface area (Å²) in [6.07, 6.45) is -0.302. The van der Waals surface area contributed by atoms with E-state index in [1.54, 1.807) is 0 Å². The fraction of sp³-hybridized carbons (Fsp3) is 0.364. The molecule has 1 saturated carbocycles. The van der Waals surface area contributed by atoms with Crippen LogP contribution >= 0.6 is 0 Å². The third kappa shape index (κ3) is 2.27. The van der Waals surface area contributed by atoms with Crippen LogP contribution in [0.25, 0.3) is 0 Å². The van der Waals surface area contributed by atoms with Gasteiger partial charge in [0.2, 0.25) is 5.82 Å². The highest BCUT2D eigenvalue weighted by Crippen LogP contribution is 2.24. The van der Waals surface area contributed by atoms with Gasteiger partial charge in [-0.2, -0.15) is 0 Å². The number of halogens is 5. The molecule has 0 aliphatic heterocycles. The number of hydrogen-bond acceptors (Lipinski definition) is 2. The van der Waals surface area contributed by atoms with Crippen molar-refractivity contribution in [3.8, 4) is 0 Å². The van der Waals surface area contributed by atoms with E-state index in [9.17, 15) is 26.7 Å². The maximum atomic E-state index is 13.3. The zero-order valence-corrected chi connectivity index (χ0v) is 9.31. The Balaban J connectivity index is 2.31. The van der Waals surface area contributed by atoms with E-state index >= 15 is 0 Å². The molecule has 0 unspecified atom stereocenters. The Labute approximate surface area is 104 Å². The quantitative estimate of drug-likeness (QED) is 0.492. The van der Waals surface area contributed by atoms with Crippen LogP contribution in [0.2, 0.25) is 0 Å². The molecule has 0 saturated heterocycles. The van der Waals surface area contributed by atoms with E-state index in [-0.39, 0.29) is 12.8 Å². The predicted molar refractivity (Wildman–Crippen MR) is 52.7 cm³/mol. The van der Waals surface area contributed by atoms with Crippen molar-refractivity contribution < 1.29 is 31.9 Å². The maximum absolute atomic E-state index is 13.3. The number of carbonyl (C=O) groups is 1. The second kappa shape index (κ2) is 4.76. The summed E-state index contributed by atoms with van der Waals surface area (Å²) >= 11 is 0. The van der Waals surface area contributed by atoms with Gasteiger partial charge in [0, 0.05) is 6.04 Å². The van der Waals surface area contributed by atoms with Crippen molar-refractivity contribution in [3.05, 3.63) is 34.6 Å². The first kappa shape index (κ1) is 13.7. The van der Waals surface area contributed by atoms with Gasteiger partial charge in [-0.15, -0.1) is 0 Å². The van der Waals surface area contributed by atoms with E-state index in [1.807, 2.05) is 0 Å². The van der Waals surface area contributed by atoms with Gasteiger partial charge >= 0.3 is 0 Å². The number of amides is 1. The third-order valence-corrected chi connectivity index (χ3v) is 2.89. The Bertz CT molecular complexity index is 513. The molecule has 1 aromatic rings. The predicted octanol–water partition coefficient (Wildman–Crippen LogP) is 1.64. The Morgan fingerprint density at radius 3 is 1.79 bits per heavy atom. The molecule has 0 aromatic heterocycles. The number of rotatable bonds is 2. The van der Waals surface area contributed by atoms with Crippen molar-refractivity contribution >= 4 is 5.91 Å². The van der Waals surface area contributed by atoms with E-state index in [0.717, 1.165) is 0 Å². The molecule has 1 aliphatic rings. The summed E-state index contributed by atoms with van der Waals surface area (Å²) in [7, 11) is 0. The van der Waals surface area contributed by atoms with Gasteiger partial charge in [0.05, 0.1) is 6.10 Å². The van der Waals surface area contributed by atoms with Gasteiger partial charge < -0.3 is 10.4 Å². The molecule has 1 aromatic carbocycles. The SMILES string of the molecule is O=C(NC1CC(O)C1)c1c(F)c(F)c(F)c(F)c1F. The minimum absolute atomic E-state index is 0.168. The summed E-state index contributed by atoms with van der Waals surface area (Å²) in [5.41, 5.74) is -1.52. The largest absolute Gasteiger partial charge is 0.393 e. The molecule has 2 rings (SSSR count). The van der Waals surface area contributed by atoms with E-state index in [0.29, 0.717) is 0 Å². The van der Waals surface area contributed by atoms with Crippen LogP contribution in [0.1, 0.15) is 23.2 Å². The summed E-state index contributed by atoms with van der Waals surface area (Å²) in [5, 5.41) is 11.1. The van der Waals surface area contributed by atoms with Gasteiger partial charge in [-0.05, 0) is 12.8 Å². The number of aliphatic hydroxyl groups is 1. The van der Waals surface area contributed by atoms with E-state index in [4.69, 9.17) is 5.11 Å². The monoisotopic (exact) mass is 281 g/mol. The molecule has 8 heteroatoms. The molecule has 3 nitrogen and oxygen atoms in total. The Hall–Kier alpha value is -1.70. The molecule has 1 fully saturated rings. The summed E-state index contributed by atoms with van der Waals surface area (Å²) in [6, 6.07) is -0.544. The van der Waals surface area contributed by atoms with Crippen LogP contribution in [0.5, 0.6) is 0 Å². The second-order valence-corrected chi connectivity index (χ2v) is 4.24. The van der Waals surface area contributed by atoms with Gasteiger partial charge in [0.25, 0.3) is 5.91 Å². The first-order valence-electron chi connectivity index (χ1n) is 5.33. The zero-order chi connectivity index (χ0) is 14.3. The molecule has 1 amide bonds. The normalized spacial score (nSPS) is 22.0. The molecule has 0 spiro atoms. The highest BCUT2D eigenvalue weighted by molar-refractivity contribution is 5.95. The molecular weight excluding hydrogens is 273 g/mol. The van der Waals surface area contributed by atoms with Crippen LogP contribution in [0.4, 0.5) is 22.0 Å². The number of hydrogen-bond donors (Lipinski definition) is 2. The van der Waals surface area contributed by atoms with Crippen molar-refractivity contribution in [2.75, 3.05) is 0 Å². The van der Waals surface area contributed by atoms with Gasteiger partial charge in [-0.1, -0.05) is 0 Å². The molecule has 0 bridgehead atoms. The van der Waals surface area contributed by atoms with Gasteiger partial charge in [-0.25, -0.2) is 22.0 Å². The average Bonchev–Trinajstić information content (AvgIpc) is 2.32. The number of aliphatic hydroxyl groups excluding tert-OH is 1. The van der Waals surface area contributed by atoms with Crippen molar-refractivity contribution in [2.45, 2.75) is 25.0 Å². The Morgan fingerprint density at radius 1 is 0.947 bits per heavy atom. The smallest absolute Gasteiger partial charge is 0.257 e. The lowest BCUT2D eigenvalue weighted by atomic mass is 9.89. The lowest BCUT2D eigenvalue weighted by Crippen LogP contribution is -2.47. The zero-order valence-electron chi connectivity index (χ0n) is 9.31. The summed E-state index contributed by atoms with van der Waals surface area (Å²) in [4.78, 5) is 11.5. The van der Waals surface area contributed by atoms with E-state index < -0.39 is 52.7 Å². The van der Waals surface area contributed by atoms with Crippen molar-refractivity contribution in [1.29, 1.82) is 0 Å². The minimum atomic E-state index is -2.31. The highest BCUT2D eigenvalue weighted by atomic mass is 19.2. The van der Waals surface area contributed by atoms with Crippen LogP contribution < -0.4 is 5.32 Å². The minimum Gasteiger partial charge on any atom is -0.393 e. The van der Waals surface area contributed by atoms with Crippen LogP contribution in [-0.2, 0) is 0 Å². The summed E-state index contributed by atoms with van der Waals surface area (Å²) in [6.45, 7) is 0. The fourth-order valence-corrected chi connectivity index (χ4v) is 1.77. The van der Waals surface area contributed by atoms with Crippen LogP contribution in [-0.4, -0.2) is 23.2 Å². The molecule has 2 N–H and O–H groups in total. The number of nitrogens with one attached hydrogen (secondary N) is 1. The fourth-order valence-electron chi connectivity index (χ4n) is 1.77. The average molecular weight is 281 g/mol. The summed E-state index contributed by atoms with van der Waals surface area (Å²) < 4.78 is 65.1. The molecule has 0 atom stereocenters. The highest BCUT2D eigenvalue weighted by Gasteiger charge is 2.33. The molecule has 0 radical (unpaired) electrons. The van der Waals surface area contributed by atoms with Gasteiger partial charge in [-0.3, -0.25) is 4.79 Å².